The van der Waals surface area contributed by atoms with Crippen LogP contribution in [0.4, 0.5) is 5.69 Å². The number of hydrogen-bond acceptors (Lipinski definition) is 8. The number of aliphatic imine (C=N–C) groups is 1. The smallest absolute Gasteiger partial charge is 0.292 e. The van der Waals surface area contributed by atoms with Gasteiger partial charge >= 0.3 is 0 Å². The molecule has 0 heterocycles. The SMILES string of the molecule is N#COc1cc(/C=C/c2cc(OC#N)cc(OC#N)c2)cc(N=C=O)c1. The molecular formula is C18H8N4O4. The normalized spacial score (nSPS) is 9.27. The van der Waals surface area contributed by atoms with Gasteiger partial charge in [-0.15, -0.1) is 15.8 Å². The van der Waals surface area contributed by atoms with E-state index in [1.807, 2.05) is 0 Å². The van der Waals surface area contributed by atoms with E-state index in [0.29, 0.717) is 11.1 Å². The summed E-state index contributed by atoms with van der Waals surface area (Å²) in [4.78, 5) is 13.9. The van der Waals surface area contributed by atoms with Crippen molar-refractivity contribution in [3.8, 4) is 36.0 Å². The van der Waals surface area contributed by atoms with E-state index < -0.39 is 0 Å². The van der Waals surface area contributed by atoms with Crippen LogP contribution in [0.2, 0.25) is 0 Å². The molecule has 0 bridgehead atoms. The van der Waals surface area contributed by atoms with Gasteiger partial charge in [-0.1, -0.05) is 12.2 Å². The molecule has 8 heteroatoms. The molecule has 0 saturated heterocycles. The Hall–Kier alpha value is -4.57. The molecule has 0 fully saturated rings. The van der Waals surface area contributed by atoms with Gasteiger partial charge in [0.1, 0.15) is 17.2 Å². The van der Waals surface area contributed by atoms with Crippen molar-refractivity contribution < 1.29 is 19.0 Å². The summed E-state index contributed by atoms with van der Waals surface area (Å²) in [5.41, 5.74) is 1.43. The van der Waals surface area contributed by atoms with Gasteiger partial charge in [-0.3, -0.25) is 0 Å². The van der Waals surface area contributed by atoms with E-state index in [0.717, 1.165) is 0 Å². The fourth-order valence-electron chi connectivity index (χ4n) is 2.04. The summed E-state index contributed by atoms with van der Waals surface area (Å²) in [5.74, 6) is 0.610. The topological polar surface area (TPSA) is 128 Å². The van der Waals surface area contributed by atoms with E-state index in [-0.39, 0.29) is 22.9 Å². The molecule has 0 atom stereocenters. The highest BCUT2D eigenvalue weighted by molar-refractivity contribution is 5.73. The van der Waals surface area contributed by atoms with Gasteiger partial charge in [0.15, 0.2) is 0 Å². The van der Waals surface area contributed by atoms with E-state index >= 15 is 0 Å². The monoisotopic (exact) mass is 344 g/mol. The fourth-order valence-corrected chi connectivity index (χ4v) is 2.04. The molecule has 0 aliphatic rings. The number of benzene rings is 2. The first-order valence-corrected chi connectivity index (χ1v) is 6.92. The number of isocyanates is 1. The second-order valence-corrected chi connectivity index (χ2v) is 4.61. The first-order valence-electron chi connectivity index (χ1n) is 6.92. The van der Waals surface area contributed by atoms with E-state index in [4.69, 9.17) is 30.0 Å². The molecule has 0 radical (unpaired) electrons. The molecule has 0 aromatic heterocycles. The van der Waals surface area contributed by atoms with Gasteiger partial charge in [-0.05, 0) is 35.4 Å². The average Bonchev–Trinajstić information content (AvgIpc) is 2.61. The fraction of sp³-hybridized carbons (Fsp3) is 0. The summed E-state index contributed by atoms with van der Waals surface area (Å²) in [5, 5.41) is 25.9. The predicted octanol–water partition coefficient (Wildman–Crippen LogP) is 3.40. The van der Waals surface area contributed by atoms with Crippen molar-refractivity contribution in [1.82, 2.24) is 0 Å². The van der Waals surface area contributed by atoms with Gasteiger partial charge < -0.3 is 14.2 Å². The standard InChI is InChI=1S/C18H8N4O4/c19-9-24-16-4-13(3-15(7-16)22-12-23)1-2-14-5-17(25-10-20)8-18(6-14)26-11-21/h1-8H/b2-1+. The zero-order valence-electron chi connectivity index (χ0n) is 13.0. The van der Waals surface area contributed by atoms with Gasteiger partial charge in [0.25, 0.3) is 18.8 Å². The van der Waals surface area contributed by atoms with Gasteiger partial charge in [-0.2, -0.15) is 4.99 Å². The van der Waals surface area contributed by atoms with Crippen LogP contribution >= 0.6 is 0 Å². The van der Waals surface area contributed by atoms with Crippen molar-refractivity contribution >= 4 is 23.9 Å². The first kappa shape index (κ1) is 17.8. The molecule has 0 amide bonds. The zero-order chi connectivity index (χ0) is 18.8. The van der Waals surface area contributed by atoms with Crippen molar-refractivity contribution in [2.45, 2.75) is 0 Å². The number of carbonyl (C=O) groups excluding carboxylic acids is 1. The van der Waals surface area contributed by atoms with Crippen LogP contribution < -0.4 is 14.2 Å². The van der Waals surface area contributed by atoms with Crippen molar-refractivity contribution in [2.75, 3.05) is 0 Å². The summed E-state index contributed by atoms with van der Waals surface area (Å²) < 4.78 is 14.3. The quantitative estimate of drug-likeness (QED) is 0.340. The Bertz CT molecular complexity index is 985. The van der Waals surface area contributed by atoms with E-state index in [1.54, 1.807) is 36.4 Å². The number of rotatable bonds is 6. The summed E-state index contributed by atoms with van der Waals surface area (Å²) in [6.07, 6.45) is 9.33. The lowest BCUT2D eigenvalue weighted by Crippen LogP contribution is -1.87. The van der Waals surface area contributed by atoms with Crippen LogP contribution in [-0.4, -0.2) is 6.08 Å². The Morgan fingerprint density at radius 2 is 1.19 bits per heavy atom. The summed E-state index contributed by atoms with van der Waals surface area (Å²) in [6.45, 7) is 0. The summed E-state index contributed by atoms with van der Waals surface area (Å²) in [6, 6.07) is 9.06. The molecule has 0 aliphatic heterocycles. The maximum Gasteiger partial charge on any atom is 0.292 e. The average molecular weight is 344 g/mol. The number of hydrogen-bond donors (Lipinski definition) is 0. The van der Waals surface area contributed by atoms with Gasteiger partial charge in [-0.25, -0.2) is 4.79 Å². The lowest BCUT2D eigenvalue weighted by atomic mass is 10.1. The Morgan fingerprint density at radius 1 is 0.731 bits per heavy atom. The highest BCUT2D eigenvalue weighted by Crippen LogP contribution is 2.27. The molecule has 124 valence electrons. The molecule has 0 N–H and O–H groups in total. The van der Waals surface area contributed by atoms with Crippen LogP contribution in [0.1, 0.15) is 11.1 Å². The molecule has 0 aliphatic carbocycles. The third-order valence-electron chi connectivity index (χ3n) is 2.95. The van der Waals surface area contributed by atoms with Crippen LogP contribution in [0.5, 0.6) is 17.2 Å². The second-order valence-electron chi connectivity index (χ2n) is 4.61. The second kappa shape index (κ2) is 8.90. The molecule has 0 saturated carbocycles. The third kappa shape index (κ3) is 4.97. The Kier molecular flexibility index (Phi) is 6.09. The highest BCUT2D eigenvalue weighted by Gasteiger charge is 2.04. The Labute approximate surface area is 148 Å². The highest BCUT2D eigenvalue weighted by atomic mass is 16.5. The summed E-state index contributed by atoms with van der Waals surface area (Å²) >= 11 is 0. The molecule has 26 heavy (non-hydrogen) atoms. The van der Waals surface area contributed by atoms with Gasteiger partial charge in [0, 0.05) is 12.1 Å². The molecule has 8 nitrogen and oxygen atoms in total. The van der Waals surface area contributed by atoms with Crippen molar-refractivity contribution in [3.63, 3.8) is 0 Å². The molecule has 2 aromatic carbocycles. The van der Waals surface area contributed by atoms with Crippen molar-refractivity contribution in [2.24, 2.45) is 4.99 Å². The van der Waals surface area contributed by atoms with Gasteiger partial charge in [0.05, 0.1) is 5.69 Å². The van der Waals surface area contributed by atoms with E-state index in [1.165, 1.54) is 37.0 Å². The maximum absolute atomic E-state index is 10.4. The minimum atomic E-state index is 0.202. The molecule has 0 unspecified atom stereocenters. The van der Waals surface area contributed by atoms with Crippen LogP contribution in [0, 0.1) is 34.6 Å². The summed E-state index contributed by atoms with van der Waals surface area (Å²) in [7, 11) is 0. The Morgan fingerprint density at radius 3 is 1.65 bits per heavy atom. The Balaban J connectivity index is 2.40. The number of nitriles is 3. The van der Waals surface area contributed by atoms with Gasteiger partial charge in [0.2, 0.25) is 6.08 Å². The van der Waals surface area contributed by atoms with Crippen LogP contribution in [-0.2, 0) is 4.79 Å². The minimum absolute atomic E-state index is 0.202. The van der Waals surface area contributed by atoms with E-state index in [2.05, 4.69) is 4.99 Å². The third-order valence-corrected chi connectivity index (χ3v) is 2.95. The van der Waals surface area contributed by atoms with Crippen LogP contribution in [0.15, 0.2) is 41.4 Å². The molecular weight excluding hydrogens is 336 g/mol. The maximum atomic E-state index is 10.4. The lowest BCUT2D eigenvalue weighted by Gasteiger charge is -2.03. The molecule has 2 aromatic rings. The van der Waals surface area contributed by atoms with Crippen LogP contribution in [0.25, 0.3) is 12.2 Å². The molecule has 2 rings (SSSR count). The largest absolute Gasteiger partial charge is 0.388 e. The van der Waals surface area contributed by atoms with Crippen molar-refractivity contribution in [3.05, 3.63) is 47.5 Å². The number of nitrogens with zero attached hydrogens (tertiary/aromatic N) is 4. The lowest BCUT2D eigenvalue weighted by molar-refractivity contribution is 0.483. The zero-order valence-corrected chi connectivity index (χ0v) is 13.0. The van der Waals surface area contributed by atoms with Crippen LogP contribution in [0.3, 0.4) is 0 Å². The number of ether oxygens (including phenoxy) is 3. The molecule has 0 spiro atoms. The predicted molar refractivity (Wildman–Crippen MR) is 88.3 cm³/mol. The van der Waals surface area contributed by atoms with E-state index in [9.17, 15) is 4.79 Å². The minimum Gasteiger partial charge on any atom is -0.388 e. The first-order chi connectivity index (χ1) is 12.7. The van der Waals surface area contributed by atoms with Crippen molar-refractivity contribution in [1.29, 1.82) is 15.8 Å².